The third-order valence-electron chi connectivity index (χ3n) is 5.10. The van der Waals surface area contributed by atoms with Gasteiger partial charge in [0.05, 0.1) is 22.0 Å². The summed E-state index contributed by atoms with van der Waals surface area (Å²) >= 11 is 6.39. The summed E-state index contributed by atoms with van der Waals surface area (Å²) < 4.78 is 19.5. The molecule has 3 aromatic rings. The van der Waals surface area contributed by atoms with Crippen molar-refractivity contribution in [2.24, 2.45) is 0 Å². The highest BCUT2D eigenvalue weighted by atomic mass is 35.5. The van der Waals surface area contributed by atoms with E-state index in [4.69, 9.17) is 16.3 Å². The lowest BCUT2D eigenvalue weighted by molar-refractivity contribution is 0.101. The Labute approximate surface area is 171 Å². The van der Waals surface area contributed by atoms with Crippen LogP contribution in [0.1, 0.15) is 43.0 Å². The van der Waals surface area contributed by atoms with E-state index in [2.05, 4.69) is 10.3 Å². The van der Waals surface area contributed by atoms with Gasteiger partial charge >= 0.3 is 0 Å². The topological polar surface area (TPSA) is 71.2 Å². The molecule has 0 atom stereocenters. The van der Waals surface area contributed by atoms with Crippen LogP contribution in [0, 0.1) is 5.82 Å². The minimum Gasteiger partial charge on any atom is -0.489 e. The first kappa shape index (κ1) is 19.5. The zero-order valence-electron chi connectivity index (χ0n) is 15.9. The van der Waals surface area contributed by atoms with E-state index in [0.717, 1.165) is 25.7 Å². The summed E-state index contributed by atoms with van der Waals surface area (Å²) in [6.07, 6.45) is 4.23. The van der Waals surface area contributed by atoms with Crippen molar-refractivity contribution in [2.45, 2.75) is 38.7 Å². The van der Waals surface area contributed by atoms with Crippen LogP contribution < -0.4 is 15.5 Å². The molecule has 2 N–H and O–H groups in total. The Morgan fingerprint density at radius 2 is 2.00 bits per heavy atom. The fraction of sp³-hybridized carbons (Fsp3) is 0.273. The predicted molar refractivity (Wildman–Crippen MR) is 112 cm³/mol. The van der Waals surface area contributed by atoms with Gasteiger partial charge in [-0.1, -0.05) is 17.7 Å². The molecule has 7 heteroatoms. The number of hydrogen-bond acceptors (Lipinski definition) is 4. The van der Waals surface area contributed by atoms with Gasteiger partial charge in [-0.25, -0.2) is 4.39 Å². The van der Waals surface area contributed by atoms with Gasteiger partial charge in [-0.3, -0.25) is 9.59 Å². The molecule has 150 valence electrons. The van der Waals surface area contributed by atoms with Gasteiger partial charge < -0.3 is 15.0 Å². The van der Waals surface area contributed by atoms with Gasteiger partial charge in [-0.2, -0.15) is 0 Å². The molecule has 2 aromatic carbocycles. The number of Topliss-reactive ketones (excluding diaryl/α,β-unsaturated/α-hetero) is 1. The van der Waals surface area contributed by atoms with Crippen molar-refractivity contribution < 1.29 is 13.9 Å². The van der Waals surface area contributed by atoms with Crippen molar-refractivity contribution >= 4 is 39.8 Å². The van der Waals surface area contributed by atoms with Crippen LogP contribution in [0.4, 0.5) is 15.9 Å². The molecule has 5 nitrogen and oxygen atoms in total. The molecule has 1 aliphatic rings. The number of fused-ring (bicyclic) bond motifs is 1. The Kier molecular flexibility index (Phi) is 5.28. The number of aromatic nitrogens is 1. The summed E-state index contributed by atoms with van der Waals surface area (Å²) in [5, 5.41) is 3.63. The number of pyridine rings is 1. The van der Waals surface area contributed by atoms with Gasteiger partial charge in [-0.15, -0.1) is 0 Å². The summed E-state index contributed by atoms with van der Waals surface area (Å²) in [4.78, 5) is 28.4. The largest absolute Gasteiger partial charge is 0.489 e. The number of carbonyl (C=O) groups is 1. The van der Waals surface area contributed by atoms with Crippen molar-refractivity contribution in [1.82, 2.24) is 4.98 Å². The van der Waals surface area contributed by atoms with Crippen molar-refractivity contribution in [1.29, 1.82) is 0 Å². The number of benzene rings is 2. The first-order valence-corrected chi connectivity index (χ1v) is 9.90. The highest BCUT2D eigenvalue weighted by molar-refractivity contribution is 6.32. The molecule has 1 heterocycles. The Morgan fingerprint density at radius 1 is 1.24 bits per heavy atom. The van der Waals surface area contributed by atoms with Crippen LogP contribution in [0.5, 0.6) is 5.75 Å². The molecule has 0 saturated heterocycles. The van der Waals surface area contributed by atoms with Gasteiger partial charge in [0.1, 0.15) is 22.9 Å². The van der Waals surface area contributed by atoms with Gasteiger partial charge in [0.2, 0.25) is 5.43 Å². The standard InChI is InChI=1S/C22H20ClFN2O3/c1-12(27)20-21(28)16-10-19(29-15-7-2-3-8-15)17(23)11-18(16)26-22(20)25-14-6-4-5-13(24)9-14/h4-6,9-11,15H,2-3,7-8H2,1H3,(H2,25,26,28). The third-order valence-corrected chi connectivity index (χ3v) is 5.39. The molecule has 0 bridgehead atoms. The Morgan fingerprint density at radius 3 is 2.69 bits per heavy atom. The Balaban J connectivity index is 1.81. The fourth-order valence-corrected chi connectivity index (χ4v) is 3.91. The van der Waals surface area contributed by atoms with E-state index in [1.54, 1.807) is 18.2 Å². The number of rotatable bonds is 5. The normalized spacial score (nSPS) is 14.3. The molecule has 1 saturated carbocycles. The first-order valence-electron chi connectivity index (χ1n) is 9.52. The number of halogens is 2. The minimum absolute atomic E-state index is 0.0316. The summed E-state index contributed by atoms with van der Waals surface area (Å²) in [6.45, 7) is 1.32. The average Bonchev–Trinajstić information content (AvgIpc) is 3.16. The van der Waals surface area contributed by atoms with Gasteiger partial charge in [0.15, 0.2) is 5.78 Å². The van der Waals surface area contributed by atoms with Crippen LogP contribution in [0.3, 0.4) is 0 Å². The highest BCUT2D eigenvalue weighted by Crippen LogP contribution is 2.33. The molecule has 0 unspecified atom stereocenters. The first-order chi connectivity index (χ1) is 13.9. The number of ketones is 1. The molecule has 0 amide bonds. The monoisotopic (exact) mass is 414 g/mol. The molecule has 0 aliphatic heterocycles. The maximum atomic E-state index is 13.5. The third kappa shape index (κ3) is 3.98. The zero-order chi connectivity index (χ0) is 20.5. The Bertz CT molecular complexity index is 1150. The van der Waals surface area contributed by atoms with Gasteiger partial charge in [0.25, 0.3) is 0 Å². The molecule has 0 radical (unpaired) electrons. The van der Waals surface area contributed by atoms with Crippen LogP contribution in [-0.2, 0) is 0 Å². The zero-order valence-corrected chi connectivity index (χ0v) is 16.6. The maximum absolute atomic E-state index is 13.5. The van der Waals surface area contributed by atoms with Crippen LogP contribution in [-0.4, -0.2) is 16.9 Å². The second-order valence-electron chi connectivity index (χ2n) is 7.25. The number of hydrogen-bond donors (Lipinski definition) is 2. The smallest absolute Gasteiger partial charge is 0.202 e. The predicted octanol–water partition coefficient (Wildman–Crippen LogP) is 5.59. The number of nitrogens with one attached hydrogen (secondary N) is 2. The van der Waals surface area contributed by atoms with E-state index in [1.807, 2.05) is 0 Å². The fourth-order valence-electron chi connectivity index (χ4n) is 3.71. The number of anilines is 2. The lowest BCUT2D eigenvalue weighted by Crippen LogP contribution is -2.18. The molecule has 1 aliphatic carbocycles. The second kappa shape index (κ2) is 7.87. The quantitative estimate of drug-likeness (QED) is 0.534. The summed E-state index contributed by atoms with van der Waals surface area (Å²) in [5.74, 6) is -0.197. The number of ether oxygens (including phenoxy) is 1. The lowest BCUT2D eigenvalue weighted by Gasteiger charge is -2.16. The van der Waals surface area contributed by atoms with Gasteiger partial charge in [0, 0.05) is 5.69 Å². The van der Waals surface area contributed by atoms with Crippen molar-refractivity contribution in [3.63, 3.8) is 0 Å². The molecule has 29 heavy (non-hydrogen) atoms. The molecular weight excluding hydrogens is 395 g/mol. The van der Waals surface area contributed by atoms with Crippen molar-refractivity contribution in [3.8, 4) is 5.75 Å². The SMILES string of the molecule is CC(=O)c1c(Nc2cccc(F)c2)[nH]c2cc(Cl)c(OC3CCCC3)cc2c1=O. The molecule has 4 rings (SSSR count). The minimum atomic E-state index is -0.432. The van der Waals surface area contributed by atoms with Crippen LogP contribution in [0.2, 0.25) is 5.02 Å². The van der Waals surface area contributed by atoms with E-state index in [0.29, 0.717) is 27.4 Å². The van der Waals surface area contributed by atoms with Crippen LogP contribution in [0.15, 0.2) is 41.2 Å². The van der Waals surface area contributed by atoms with Gasteiger partial charge in [-0.05, 0) is 62.9 Å². The van der Waals surface area contributed by atoms with Crippen LogP contribution >= 0.6 is 11.6 Å². The van der Waals surface area contributed by atoms with E-state index in [-0.39, 0.29) is 17.5 Å². The van der Waals surface area contributed by atoms with E-state index in [1.165, 1.54) is 25.1 Å². The van der Waals surface area contributed by atoms with E-state index >= 15 is 0 Å². The van der Waals surface area contributed by atoms with Crippen molar-refractivity contribution in [2.75, 3.05) is 5.32 Å². The summed E-state index contributed by atoms with van der Waals surface area (Å²) in [7, 11) is 0. The van der Waals surface area contributed by atoms with Crippen LogP contribution in [0.25, 0.3) is 10.9 Å². The molecule has 1 aromatic heterocycles. The Hall–Kier alpha value is -2.86. The maximum Gasteiger partial charge on any atom is 0.202 e. The van der Waals surface area contributed by atoms with E-state index < -0.39 is 17.0 Å². The average molecular weight is 415 g/mol. The molecular formula is C22H20ClFN2O3. The molecule has 0 spiro atoms. The summed E-state index contributed by atoms with van der Waals surface area (Å²) in [5.41, 5.74) is 0.409. The number of carbonyl (C=O) groups excluding carboxylic acids is 1. The highest BCUT2D eigenvalue weighted by Gasteiger charge is 2.21. The number of H-pyrrole nitrogens is 1. The second-order valence-corrected chi connectivity index (χ2v) is 7.66. The number of aromatic amines is 1. The summed E-state index contributed by atoms with van der Waals surface area (Å²) in [6, 6.07) is 8.97. The molecule has 1 fully saturated rings. The lowest BCUT2D eigenvalue weighted by atomic mass is 10.1. The van der Waals surface area contributed by atoms with E-state index in [9.17, 15) is 14.0 Å². The van der Waals surface area contributed by atoms with Crippen molar-refractivity contribution in [3.05, 3.63) is 63.0 Å².